The van der Waals surface area contributed by atoms with E-state index in [9.17, 15) is 23.1 Å². The van der Waals surface area contributed by atoms with Crippen LogP contribution in [0.5, 0.6) is 5.75 Å². The molecule has 0 fully saturated rings. The van der Waals surface area contributed by atoms with Gasteiger partial charge in [-0.3, -0.25) is 9.69 Å². The van der Waals surface area contributed by atoms with Gasteiger partial charge in [0.2, 0.25) is 5.91 Å². The van der Waals surface area contributed by atoms with E-state index in [-0.39, 0.29) is 24.5 Å². The quantitative estimate of drug-likeness (QED) is 0.550. The summed E-state index contributed by atoms with van der Waals surface area (Å²) in [7, 11) is 3.17. The largest absolute Gasteiger partial charge is 0.497 e. The number of nitrogens with zero attached hydrogens (tertiary/aromatic N) is 4. The smallest absolute Gasteiger partial charge is 0.416 e. The van der Waals surface area contributed by atoms with Gasteiger partial charge >= 0.3 is 6.18 Å². The number of benzene rings is 2. The molecule has 3 rings (SSSR count). The first kappa shape index (κ1) is 23.2. The van der Waals surface area contributed by atoms with Gasteiger partial charge in [0.1, 0.15) is 18.4 Å². The molecule has 11 heteroatoms. The third kappa shape index (κ3) is 5.42. The number of anilines is 1. The second kappa shape index (κ2) is 9.79. The van der Waals surface area contributed by atoms with Crippen LogP contribution in [0.1, 0.15) is 17.2 Å². The number of aromatic nitrogens is 3. The number of rotatable bonds is 8. The van der Waals surface area contributed by atoms with E-state index in [1.54, 1.807) is 36.2 Å². The Kier molecular flexibility index (Phi) is 7.11. The highest BCUT2D eigenvalue weighted by Crippen LogP contribution is 2.33. The van der Waals surface area contributed by atoms with Crippen LogP contribution in [-0.2, 0) is 11.0 Å². The maximum absolute atomic E-state index is 13.2. The number of amides is 1. The summed E-state index contributed by atoms with van der Waals surface area (Å²) in [6, 6.07) is 9.48. The molecular weight excluding hydrogens is 427 g/mol. The highest BCUT2D eigenvalue weighted by Gasteiger charge is 2.31. The van der Waals surface area contributed by atoms with Gasteiger partial charge in [-0.1, -0.05) is 12.1 Å². The molecule has 8 nitrogen and oxygen atoms in total. The number of alkyl halides is 3. The summed E-state index contributed by atoms with van der Waals surface area (Å²) in [6.07, 6.45) is -2.03. The number of aliphatic hydroxyl groups is 1. The number of halogens is 3. The number of likely N-dealkylation sites (N-methyl/N-ethyl adjacent to an activating group) is 1. The molecule has 1 heterocycles. The Hall–Kier alpha value is -3.44. The first-order chi connectivity index (χ1) is 15.2. The Bertz CT molecular complexity index is 1040. The number of carbonyl (C=O) groups excluding carboxylic acids is 1. The van der Waals surface area contributed by atoms with Crippen molar-refractivity contribution in [1.29, 1.82) is 0 Å². The molecule has 1 amide bonds. The molecule has 0 saturated heterocycles. The fourth-order valence-electron chi connectivity index (χ4n) is 3.20. The van der Waals surface area contributed by atoms with Gasteiger partial charge in [0.05, 0.1) is 43.2 Å². The Morgan fingerprint density at radius 1 is 1.25 bits per heavy atom. The molecule has 0 aliphatic carbocycles. The first-order valence-electron chi connectivity index (χ1n) is 9.54. The highest BCUT2D eigenvalue weighted by molar-refractivity contribution is 5.94. The van der Waals surface area contributed by atoms with Crippen molar-refractivity contribution < 1.29 is 27.8 Å². The number of aliphatic hydroxyl groups excluding tert-OH is 1. The lowest BCUT2D eigenvalue weighted by atomic mass is 10.1. The zero-order valence-electron chi connectivity index (χ0n) is 17.4. The number of methoxy groups -OCH3 is 1. The zero-order valence-corrected chi connectivity index (χ0v) is 17.4. The van der Waals surface area contributed by atoms with Crippen molar-refractivity contribution in [2.24, 2.45) is 0 Å². The highest BCUT2D eigenvalue weighted by atomic mass is 19.4. The predicted molar refractivity (Wildman–Crippen MR) is 110 cm³/mol. The molecule has 1 atom stereocenters. The minimum atomic E-state index is -4.58. The van der Waals surface area contributed by atoms with Crippen LogP contribution in [0.15, 0.2) is 55.1 Å². The van der Waals surface area contributed by atoms with E-state index in [0.29, 0.717) is 5.75 Å². The van der Waals surface area contributed by atoms with Crippen LogP contribution in [0, 0.1) is 0 Å². The lowest BCUT2D eigenvalue weighted by molar-refractivity contribution is -0.137. The summed E-state index contributed by atoms with van der Waals surface area (Å²) >= 11 is 0. The topological polar surface area (TPSA) is 92.5 Å². The van der Waals surface area contributed by atoms with E-state index in [1.165, 1.54) is 30.5 Å². The number of hydrogen-bond donors (Lipinski definition) is 2. The molecule has 0 saturated carbocycles. The van der Waals surface area contributed by atoms with E-state index in [2.05, 4.69) is 15.4 Å². The summed E-state index contributed by atoms with van der Waals surface area (Å²) < 4.78 is 45.9. The van der Waals surface area contributed by atoms with E-state index < -0.39 is 23.7 Å². The number of carbonyl (C=O) groups is 1. The maximum atomic E-state index is 13.2. The fraction of sp³-hybridized carbons (Fsp3) is 0.286. The molecule has 2 aromatic carbocycles. The van der Waals surface area contributed by atoms with Crippen molar-refractivity contribution in [2.45, 2.75) is 12.2 Å². The zero-order chi connectivity index (χ0) is 23.3. The second-order valence-corrected chi connectivity index (χ2v) is 7.00. The lowest BCUT2D eigenvalue weighted by Gasteiger charge is -2.26. The van der Waals surface area contributed by atoms with Gasteiger partial charge in [0.25, 0.3) is 0 Å². The van der Waals surface area contributed by atoms with Gasteiger partial charge in [-0.25, -0.2) is 9.67 Å². The number of nitrogens with one attached hydrogen (secondary N) is 1. The van der Waals surface area contributed by atoms with E-state index in [4.69, 9.17) is 4.74 Å². The molecule has 1 unspecified atom stereocenters. The lowest BCUT2D eigenvalue weighted by Crippen LogP contribution is -2.35. The molecule has 0 radical (unpaired) electrons. The molecule has 2 N–H and O–H groups in total. The monoisotopic (exact) mass is 449 g/mol. The van der Waals surface area contributed by atoms with Crippen molar-refractivity contribution >= 4 is 11.6 Å². The van der Waals surface area contributed by atoms with Crippen LogP contribution < -0.4 is 10.1 Å². The van der Waals surface area contributed by atoms with Gasteiger partial charge in [-0.2, -0.15) is 18.3 Å². The third-order valence-corrected chi connectivity index (χ3v) is 4.86. The van der Waals surface area contributed by atoms with Crippen LogP contribution in [0.2, 0.25) is 0 Å². The molecule has 0 spiro atoms. The van der Waals surface area contributed by atoms with Crippen molar-refractivity contribution in [3.05, 3.63) is 66.2 Å². The molecule has 1 aromatic heterocycles. The molecule has 32 heavy (non-hydrogen) atoms. The van der Waals surface area contributed by atoms with Gasteiger partial charge in [0.15, 0.2) is 0 Å². The minimum absolute atomic E-state index is 0.0614. The van der Waals surface area contributed by atoms with Crippen molar-refractivity contribution in [3.8, 4) is 11.4 Å². The van der Waals surface area contributed by atoms with Crippen LogP contribution in [0.3, 0.4) is 0 Å². The molecule has 0 bridgehead atoms. The average Bonchev–Trinajstić information content (AvgIpc) is 3.28. The van der Waals surface area contributed by atoms with Crippen LogP contribution >= 0.6 is 0 Å². The van der Waals surface area contributed by atoms with Crippen LogP contribution in [0.4, 0.5) is 18.9 Å². The number of ether oxygens (including phenoxy) is 1. The summed E-state index contributed by atoms with van der Waals surface area (Å²) in [6.45, 7) is -0.436. The van der Waals surface area contributed by atoms with Crippen molar-refractivity contribution in [2.75, 3.05) is 32.6 Å². The molecule has 0 aliphatic heterocycles. The third-order valence-electron chi connectivity index (χ3n) is 4.86. The van der Waals surface area contributed by atoms with Crippen molar-refractivity contribution in [3.63, 3.8) is 0 Å². The fourth-order valence-corrected chi connectivity index (χ4v) is 3.20. The van der Waals surface area contributed by atoms with Crippen molar-refractivity contribution in [1.82, 2.24) is 19.7 Å². The second-order valence-electron chi connectivity index (χ2n) is 7.00. The summed E-state index contributed by atoms with van der Waals surface area (Å²) in [5, 5.41) is 16.3. The molecule has 0 aliphatic rings. The summed E-state index contributed by atoms with van der Waals surface area (Å²) in [5.74, 6) is 0.0937. The Morgan fingerprint density at radius 3 is 2.53 bits per heavy atom. The summed E-state index contributed by atoms with van der Waals surface area (Å²) in [5.41, 5.74) is 0.0246. The van der Waals surface area contributed by atoms with E-state index in [0.717, 1.165) is 17.7 Å². The van der Waals surface area contributed by atoms with Gasteiger partial charge in [-0.15, -0.1) is 0 Å². The van der Waals surface area contributed by atoms with E-state index in [1.807, 2.05) is 0 Å². The minimum Gasteiger partial charge on any atom is -0.497 e. The Balaban J connectivity index is 1.79. The average molecular weight is 449 g/mol. The Labute approximate surface area is 182 Å². The predicted octanol–water partition coefficient (Wildman–Crippen LogP) is 2.90. The SMILES string of the molecule is COc1ccc(C(CO)N(C)CC(=O)Nc2cc(C(F)(F)F)ccc2-n2cncn2)cc1. The molecular formula is C21H22F3N5O3. The van der Waals surface area contributed by atoms with Crippen LogP contribution in [-0.4, -0.2) is 58.0 Å². The van der Waals surface area contributed by atoms with Crippen LogP contribution in [0.25, 0.3) is 5.69 Å². The number of hydrogen-bond acceptors (Lipinski definition) is 6. The summed E-state index contributed by atoms with van der Waals surface area (Å²) in [4.78, 5) is 18.1. The van der Waals surface area contributed by atoms with Gasteiger partial charge < -0.3 is 15.2 Å². The molecule has 3 aromatic rings. The standard InChI is InChI=1S/C21H22F3N5O3/c1-28(19(11-30)14-3-6-16(32-2)7-4-14)10-20(31)27-17-9-15(21(22,23)24)5-8-18(17)29-13-25-12-26-29/h3-9,12-13,19,30H,10-11H2,1-2H3,(H,27,31). The van der Waals surface area contributed by atoms with E-state index >= 15 is 0 Å². The maximum Gasteiger partial charge on any atom is 0.416 e. The van der Waals surface area contributed by atoms with Gasteiger partial charge in [-0.05, 0) is 42.9 Å². The molecule has 170 valence electrons. The normalized spacial score (nSPS) is 12.6. The first-order valence-corrected chi connectivity index (χ1v) is 9.54. The van der Waals surface area contributed by atoms with Gasteiger partial charge in [0, 0.05) is 0 Å². The Morgan fingerprint density at radius 2 is 1.97 bits per heavy atom.